The molecule has 0 saturated carbocycles. The summed E-state index contributed by atoms with van der Waals surface area (Å²) in [4.78, 5) is 11.8. The molecule has 0 saturated heterocycles. The molecule has 0 aliphatic heterocycles. The molecule has 3 nitrogen and oxygen atoms in total. The van der Waals surface area contributed by atoms with Crippen molar-refractivity contribution in [3.05, 3.63) is 28.3 Å². The van der Waals surface area contributed by atoms with Crippen LogP contribution >= 0.6 is 0 Å². The van der Waals surface area contributed by atoms with Crippen molar-refractivity contribution in [2.24, 2.45) is 5.73 Å². The maximum Gasteiger partial charge on any atom is 0.164 e. The molecule has 0 amide bonds. The number of ketones is 1. The van der Waals surface area contributed by atoms with E-state index in [1.54, 1.807) is 6.92 Å². The smallest absolute Gasteiger partial charge is 0.164 e. The van der Waals surface area contributed by atoms with E-state index in [4.69, 9.17) is 5.73 Å². The van der Waals surface area contributed by atoms with E-state index < -0.39 is 0 Å². The predicted octanol–water partition coefficient (Wildman–Crippen LogP) is 1.85. The summed E-state index contributed by atoms with van der Waals surface area (Å²) in [6, 6.07) is 1.83. The normalized spacial score (nSPS) is 10.4. The molecule has 1 aromatic rings. The molecule has 0 aromatic heterocycles. The van der Waals surface area contributed by atoms with Gasteiger partial charge in [0, 0.05) is 17.5 Å². The molecule has 0 bridgehead atoms. The quantitative estimate of drug-likeness (QED) is 0.743. The van der Waals surface area contributed by atoms with Crippen LogP contribution in [0.1, 0.15) is 33.5 Å². The lowest BCUT2D eigenvalue weighted by Crippen LogP contribution is -2.11. The number of aromatic hydroxyl groups is 1. The number of nitrogens with two attached hydrogens (primary N) is 1. The van der Waals surface area contributed by atoms with E-state index in [0.717, 1.165) is 11.1 Å². The van der Waals surface area contributed by atoms with Gasteiger partial charge in [-0.05, 0) is 38.4 Å². The molecule has 0 atom stereocenters. The molecule has 0 heterocycles. The van der Waals surface area contributed by atoms with Gasteiger partial charge in [-0.2, -0.15) is 0 Å². The number of Topliss-reactive ketones (excluding diaryl/α,β-unsaturated/α-hetero) is 1. The van der Waals surface area contributed by atoms with Gasteiger partial charge in [0.05, 0.1) is 0 Å². The Balaban J connectivity index is 3.29. The molecule has 1 rings (SSSR count). The summed E-state index contributed by atoms with van der Waals surface area (Å²) in [6.07, 6.45) is 0.324. The van der Waals surface area contributed by atoms with Crippen molar-refractivity contribution < 1.29 is 9.90 Å². The Labute approximate surface area is 89.9 Å². The van der Waals surface area contributed by atoms with E-state index in [1.165, 1.54) is 0 Å². The monoisotopic (exact) mass is 207 g/mol. The molecular weight excluding hydrogens is 190 g/mol. The molecule has 3 N–H and O–H groups in total. The van der Waals surface area contributed by atoms with Crippen molar-refractivity contribution in [2.75, 3.05) is 6.54 Å². The number of carbonyl (C=O) groups is 1. The van der Waals surface area contributed by atoms with Gasteiger partial charge in [-0.1, -0.05) is 6.07 Å². The second-order valence-electron chi connectivity index (χ2n) is 3.82. The van der Waals surface area contributed by atoms with E-state index in [9.17, 15) is 9.90 Å². The third kappa shape index (κ3) is 2.18. The average molecular weight is 207 g/mol. The Morgan fingerprint density at radius 2 is 1.93 bits per heavy atom. The first kappa shape index (κ1) is 11.7. The summed E-state index contributed by atoms with van der Waals surface area (Å²) >= 11 is 0. The molecule has 0 spiro atoms. The molecule has 15 heavy (non-hydrogen) atoms. The zero-order valence-corrected chi connectivity index (χ0v) is 9.42. The number of aryl methyl sites for hydroxylation is 2. The maximum atomic E-state index is 11.8. The average Bonchev–Trinajstić information content (AvgIpc) is 2.15. The van der Waals surface area contributed by atoms with Crippen LogP contribution in [0, 0.1) is 20.8 Å². The molecule has 0 aliphatic carbocycles. The first-order valence-electron chi connectivity index (χ1n) is 5.02. The van der Waals surface area contributed by atoms with Crippen LogP contribution < -0.4 is 5.73 Å². The minimum Gasteiger partial charge on any atom is -0.507 e. The van der Waals surface area contributed by atoms with Gasteiger partial charge >= 0.3 is 0 Å². The second kappa shape index (κ2) is 4.45. The fourth-order valence-electron chi connectivity index (χ4n) is 1.86. The largest absolute Gasteiger partial charge is 0.507 e. The molecule has 0 aliphatic rings. The van der Waals surface area contributed by atoms with E-state index in [2.05, 4.69) is 0 Å². The Bertz CT molecular complexity index is 397. The van der Waals surface area contributed by atoms with Gasteiger partial charge in [0.15, 0.2) is 5.78 Å². The van der Waals surface area contributed by atoms with Crippen molar-refractivity contribution in [1.29, 1.82) is 0 Å². The van der Waals surface area contributed by atoms with Crippen LogP contribution in [0.25, 0.3) is 0 Å². The van der Waals surface area contributed by atoms with Crippen LogP contribution in [0.3, 0.4) is 0 Å². The highest BCUT2D eigenvalue weighted by Gasteiger charge is 2.15. The Hall–Kier alpha value is -1.35. The molecule has 1 aromatic carbocycles. The minimum atomic E-state index is 0.00259. The van der Waals surface area contributed by atoms with E-state index in [0.29, 0.717) is 24.1 Å². The van der Waals surface area contributed by atoms with E-state index in [1.807, 2.05) is 19.9 Å². The highest BCUT2D eigenvalue weighted by Crippen LogP contribution is 2.28. The summed E-state index contributed by atoms with van der Waals surface area (Å²) < 4.78 is 0. The van der Waals surface area contributed by atoms with Gasteiger partial charge in [-0.3, -0.25) is 4.79 Å². The molecule has 0 unspecified atom stereocenters. The van der Waals surface area contributed by atoms with Crippen LogP contribution in [-0.4, -0.2) is 17.4 Å². The summed E-state index contributed by atoms with van der Waals surface area (Å²) in [6.45, 7) is 5.81. The van der Waals surface area contributed by atoms with Crippen molar-refractivity contribution in [3.63, 3.8) is 0 Å². The maximum absolute atomic E-state index is 11.8. The molecule has 0 fully saturated rings. The standard InChI is InChI=1S/C12H17NO2/c1-7-6-8(2)12(15)9(3)11(7)10(14)4-5-13/h6,15H,4-5,13H2,1-3H3. The van der Waals surface area contributed by atoms with Crippen LogP contribution in [0.5, 0.6) is 5.75 Å². The van der Waals surface area contributed by atoms with Gasteiger partial charge in [0.1, 0.15) is 5.75 Å². The number of hydrogen-bond donors (Lipinski definition) is 2. The first-order valence-corrected chi connectivity index (χ1v) is 5.02. The zero-order chi connectivity index (χ0) is 11.6. The number of phenols is 1. The lowest BCUT2D eigenvalue weighted by atomic mass is 9.94. The summed E-state index contributed by atoms with van der Waals surface area (Å²) in [5.74, 6) is 0.212. The first-order chi connectivity index (χ1) is 6.99. The lowest BCUT2D eigenvalue weighted by molar-refractivity contribution is 0.0984. The van der Waals surface area contributed by atoms with Crippen LogP contribution in [0.4, 0.5) is 0 Å². The lowest BCUT2D eigenvalue weighted by Gasteiger charge is -2.12. The highest BCUT2D eigenvalue weighted by atomic mass is 16.3. The van der Waals surface area contributed by atoms with Crippen molar-refractivity contribution in [2.45, 2.75) is 27.2 Å². The van der Waals surface area contributed by atoms with Crippen molar-refractivity contribution in [1.82, 2.24) is 0 Å². The summed E-state index contributed by atoms with van der Waals surface area (Å²) in [7, 11) is 0. The minimum absolute atomic E-state index is 0.00259. The number of benzene rings is 1. The Morgan fingerprint density at radius 1 is 1.33 bits per heavy atom. The van der Waals surface area contributed by atoms with Gasteiger partial charge in [0.25, 0.3) is 0 Å². The Kier molecular flexibility index (Phi) is 3.48. The number of rotatable bonds is 3. The van der Waals surface area contributed by atoms with E-state index in [-0.39, 0.29) is 11.5 Å². The van der Waals surface area contributed by atoms with Crippen molar-refractivity contribution >= 4 is 5.78 Å². The highest BCUT2D eigenvalue weighted by molar-refractivity contribution is 5.99. The third-order valence-corrected chi connectivity index (χ3v) is 2.58. The summed E-state index contributed by atoms with van der Waals surface area (Å²) in [5, 5.41) is 9.75. The van der Waals surface area contributed by atoms with Gasteiger partial charge < -0.3 is 10.8 Å². The topological polar surface area (TPSA) is 63.3 Å². The number of carbonyl (C=O) groups excluding carboxylic acids is 1. The van der Waals surface area contributed by atoms with Crippen LogP contribution in [0.2, 0.25) is 0 Å². The molecule has 3 heteroatoms. The predicted molar refractivity (Wildman–Crippen MR) is 60.3 cm³/mol. The second-order valence-corrected chi connectivity index (χ2v) is 3.82. The zero-order valence-electron chi connectivity index (χ0n) is 9.42. The summed E-state index contributed by atoms with van der Waals surface area (Å²) in [5.41, 5.74) is 8.33. The van der Waals surface area contributed by atoms with Gasteiger partial charge in [-0.15, -0.1) is 0 Å². The van der Waals surface area contributed by atoms with Crippen molar-refractivity contribution in [3.8, 4) is 5.75 Å². The molecular formula is C12H17NO2. The fraction of sp³-hybridized carbons (Fsp3) is 0.417. The molecule has 0 radical (unpaired) electrons. The number of phenolic OH excluding ortho intramolecular Hbond substituents is 1. The Morgan fingerprint density at radius 3 is 2.47 bits per heavy atom. The van der Waals surface area contributed by atoms with Crippen LogP contribution in [-0.2, 0) is 0 Å². The molecule has 82 valence electrons. The third-order valence-electron chi connectivity index (χ3n) is 2.58. The van der Waals surface area contributed by atoms with Gasteiger partial charge in [-0.25, -0.2) is 0 Å². The van der Waals surface area contributed by atoms with E-state index >= 15 is 0 Å². The fourth-order valence-corrected chi connectivity index (χ4v) is 1.86. The SMILES string of the molecule is Cc1cc(C)c(C(=O)CCN)c(C)c1O. The van der Waals surface area contributed by atoms with Gasteiger partial charge in [0.2, 0.25) is 0 Å². The number of hydrogen-bond acceptors (Lipinski definition) is 3. The van der Waals surface area contributed by atoms with Crippen LogP contribution in [0.15, 0.2) is 6.07 Å².